The first-order valence-electron chi connectivity index (χ1n) is 13.8. The number of halogens is 2. The van der Waals surface area contributed by atoms with Crippen molar-refractivity contribution in [3.63, 3.8) is 0 Å². The quantitative estimate of drug-likeness (QED) is 0.248. The van der Waals surface area contributed by atoms with Crippen LogP contribution in [0.5, 0.6) is 0 Å². The van der Waals surface area contributed by atoms with Crippen molar-refractivity contribution >= 4 is 57.6 Å². The first kappa shape index (κ1) is 26.7. The molecule has 1 spiro atoms. The maximum Gasteiger partial charge on any atom is 0.238 e. The zero-order valence-electron chi connectivity index (χ0n) is 22.9. The van der Waals surface area contributed by atoms with Crippen LogP contribution in [0.3, 0.4) is 0 Å². The summed E-state index contributed by atoms with van der Waals surface area (Å²) in [5.41, 5.74) is 4.44. The molecule has 42 heavy (non-hydrogen) atoms. The summed E-state index contributed by atoms with van der Waals surface area (Å²) in [6.07, 6.45) is 2.05. The van der Waals surface area contributed by atoms with Gasteiger partial charge in [-0.2, -0.15) is 0 Å². The number of allylic oxidation sites excluding steroid dienone is 1. The van der Waals surface area contributed by atoms with Gasteiger partial charge >= 0.3 is 0 Å². The summed E-state index contributed by atoms with van der Waals surface area (Å²) in [5.74, 6) is -2.04. The van der Waals surface area contributed by atoms with Gasteiger partial charge in [-0.25, -0.2) is 0 Å². The molecule has 0 saturated carbocycles. The van der Waals surface area contributed by atoms with E-state index < -0.39 is 23.4 Å². The number of carbonyl (C=O) groups excluding carboxylic acids is 3. The van der Waals surface area contributed by atoms with Gasteiger partial charge in [0.2, 0.25) is 5.91 Å². The number of rotatable bonds is 4. The molecule has 7 heteroatoms. The van der Waals surface area contributed by atoms with Gasteiger partial charge in [0.25, 0.3) is 0 Å². The lowest BCUT2D eigenvalue weighted by Crippen LogP contribution is -2.51. The molecular weight excluding hydrogens is 567 g/mol. The Morgan fingerprint density at radius 3 is 2.36 bits per heavy atom. The van der Waals surface area contributed by atoms with E-state index in [9.17, 15) is 14.4 Å². The minimum absolute atomic E-state index is 0.174. The first-order valence-corrected chi connectivity index (χ1v) is 14.6. The highest BCUT2D eigenvalue weighted by Crippen LogP contribution is 2.59. The lowest BCUT2D eigenvalue weighted by molar-refractivity contribution is -0.121. The maximum absolute atomic E-state index is 14.9. The molecule has 1 N–H and O–H groups in total. The van der Waals surface area contributed by atoms with Crippen LogP contribution in [0.1, 0.15) is 44.3 Å². The van der Waals surface area contributed by atoms with E-state index >= 15 is 0 Å². The van der Waals surface area contributed by atoms with Gasteiger partial charge in [0.05, 0.1) is 17.0 Å². The van der Waals surface area contributed by atoms with Crippen LogP contribution in [0.2, 0.25) is 10.0 Å². The fraction of sp³-hybridized carbons (Fsp3) is 0.171. The van der Waals surface area contributed by atoms with Crippen LogP contribution in [0, 0.1) is 12.8 Å². The van der Waals surface area contributed by atoms with E-state index in [-0.39, 0.29) is 28.1 Å². The Balaban J connectivity index is 1.57. The summed E-state index contributed by atoms with van der Waals surface area (Å²) >= 11 is 12.8. The fourth-order valence-corrected chi connectivity index (χ4v) is 7.68. The van der Waals surface area contributed by atoms with E-state index in [4.69, 9.17) is 23.2 Å². The monoisotopic (exact) mass is 592 g/mol. The van der Waals surface area contributed by atoms with Crippen molar-refractivity contribution in [1.82, 2.24) is 0 Å². The number of hydrogen-bond acceptors (Lipinski definition) is 4. The molecule has 0 aliphatic carbocycles. The minimum atomic E-state index is -1.41. The number of carbonyl (C=O) groups is 3. The number of amides is 1. The van der Waals surface area contributed by atoms with E-state index in [1.807, 2.05) is 67.3 Å². The van der Waals surface area contributed by atoms with Crippen molar-refractivity contribution in [2.45, 2.75) is 31.3 Å². The van der Waals surface area contributed by atoms with Crippen LogP contribution >= 0.6 is 23.2 Å². The molecule has 5 nitrogen and oxygen atoms in total. The van der Waals surface area contributed by atoms with Crippen LogP contribution in [0.15, 0.2) is 97.1 Å². The van der Waals surface area contributed by atoms with Crippen LogP contribution in [-0.2, 0) is 10.2 Å². The number of benzene rings is 4. The second-order valence-corrected chi connectivity index (χ2v) is 12.1. The first-order chi connectivity index (χ1) is 20.2. The molecule has 3 aliphatic heterocycles. The van der Waals surface area contributed by atoms with Crippen LogP contribution in [0.4, 0.5) is 11.4 Å². The van der Waals surface area contributed by atoms with Gasteiger partial charge in [0.1, 0.15) is 11.5 Å². The molecule has 4 aromatic rings. The second-order valence-electron chi connectivity index (χ2n) is 11.2. The number of para-hydroxylation sites is 1. The van der Waals surface area contributed by atoms with E-state index in [2.05, 4.69) is 11.4 Å². The number of aryl methyl sites for hydroxylation is 1. The maximum atomic E-state index is 14.9. The highest BCUT2D eigenvalue weighted by molar-refractivity contribution is 6.37. The third-order valence-corrected chi connectivity index (χ3v) is 9.49. The van der Waals surface area contributed by atoms with E-state index in [0.717, 1.165) is 22.4 Å². The van der Waals surface area contributed by atoms with Crippen molar-refractivity contribution in [2.75, 3.05) is 10.2 Å². The molecule has 4 atom stereocenters. The number of anilines is 2. The molecule has 208 valence electrons. The fourth-order valence-electron chi connectivity index (χ4n) is 7.18. The lowest BCUT2D eigenvalue weighted by atomic mass is 9.64. The van der Waals surface area contributed by atoms with Crippen molar-refractivity contribution in [3.8, 4) is 0 Å². The number of hydrogen-bond donors (Lipinski definition) is 1. The largest absolute Gasteiger partial charge is 0.352 e. The Kier molecular flexibility index (Phi) is 6.16. The van der Waals surface area contributed by atoms with Crippen molar-refractivity contribution in [3.05, 3.63) is 135 Å². The van der Waals surface area contributed by atoms with Crippen LogP contribution in [0.25, 0.3) is 5.57 Å². The molecular formula is C35H26Cl2N2O3. The molecule has 3 heterocycles. The number of nitrogens with zero attached hydrogens (tertiary/aromatic N) is 1. The summed E-state index contributed by atoms with van der Waals surface area (Å²) < 4.78 is 0. The Labute approximate surface area is 253 Å². The van der Waals surface area contributed by atoms with Gasteiger partial charge in [-0.05, 0) is 61.4 Å². The zero-order chi connectivity index (χ0) is 29.3. The summed E-state index contributed by atoms with van der Waals surface area (Å²) in [6.45, 7) is 4.04. The highest BCUT2D eigenvalue weighted by Gasteiger charge is 2.70. The average Bonchev–Trinajstić information content (AvgIpc) is 3.45. The smallest absolute Gasteiger partial charge is 0.238 e. The zero-order valence-corrected chi connectivity index (χ0v) is 24.4. The number of Topliss-reactive ketones (excluding diaryl/α,β-unsaturated/α-hetero) is 2. The number of ketones is 2. The molecule has 1 saturated heterocycles. The number of nitrogens with one attached hydrogen (secondary N) is 1. The molecule has 3 aliphatic rings. The number of fused-ring (bicyclic) bond motifs is 6. The van der Waals surface area contributed by atoms with Gasteiger partial charge in [-0.3, -0.25) is 14.4 Å². The predicted molar refractivity (Wildman–Crippen MR) is 167 cm³/mol. The Hall–Kier alpha value is -4.19. The third-order valence-electron chi connectivity index (χ3n) is 8.94. The summed E-state index contributed by atoms with van der Waals surface area (Å²) in [4.78, 5) is 46.1. The van der Waals surface area contributed by atoms with Crippen molar-refractivity contribution in [1.29, 1.82) is 0 Å². The van der Waals surface area contributed by atoms with E-state index in [0.29, 0.717) is 21.8 Å². The highest BCUT2D eigenvalue weighted by atomic mass is 35.5. The van der Waals surface area contributed by atoms with Gasteiger partial charge in [-0.15, -0.1) is 0 Å². The second kappa shape index (κ2) is 9.69. The van der Waals surface area contributed by atoms with Crippen molar-refractivity contribution < 1.29 is 14.4 Å². The summed E-state index contributed by atoms with van der Waals surface area (Å²) in [6, 6.07) is 25.6. The van der Waals surface area contributed by atoms with Gasteiger partial charge < -0.3 is 10.2 Å². The van der Waals surface area contributed by atoms with Gasteiger partial charge in [-0.1, -0.05) is 89.4 Å². The lowest BCUT2D eigenvalue weighted by Gasteiger charge is -2.39. The van der Waals surface area contributed by atoms with E-state index in [1.54, 1.807) is 36.4 Å². The summed E-state index contributed by atoms with van der Waals surface area (Å²) in [5, 5.41) is 3.62. The third kappa shape index (κ3) is 3.67. The molecule has 7 rings (SSSR count). The Bertz CT molecular complexity index is 1850. The molecule has 1 fully saturated rings. The normalized spacial score (nSPS) is 23.6. The molecule has 0 bridgehead atoms. The summed E-state index contributed by atoms with van der Waals surface area (Å²) in [7, 11) is 0. The minimum Gasteiger partial charge on any atom is -0.352 e. The van der Waals surface area contributed by atoms with E-state index in [1.165, 1.54) is 6.07 Å². The van der Waals surface area contributed by atoms with Crippen molar-refractivity contribution in [2.24, 2.45) is 5.92 Å². The van der Waals surface area contributed by atoms with Crippen LogP contribution in [-0.4, -0.2) is 29.6 Å². The van der Waals surface area contributed by atoms with Gasteiger partial charge in [0.15, 0.2) is 11.6 Å². The average molecular weight is 594 g/mol. The Morgan fingerprint density at radius 1 is 0.857 bits per heavy atom. The molecule has 1 amide bonds. The topological polar surface area (TPSA) is 66.5 Å². The van der Waals surface area contributed by atoms with Crippen LogP contribution < -0.4 is 10.2 Å². The predicted octanol–water partition coefficient (Wildman–Crippen LogP) is 7.55. The SMILES string of the molecule is CC1=C[C@@H]2N(c3ccc(C)cc31)[C@H](C(=O)c1ccccc1)[C@H](C(=O)c1ccc(Cl)cc1Cl)[C@@]21C(=O)Nc2ccccc21. The molecule has 0 unspecified atom stereocenters. The van der Waals surface area contributed by atoms with Gasteiger partial charge in [0, 0.05) is 33.1 Å². The molecule has 4 aromatic carbocycles. The molecule has 0 radical (unpaired) electrons. The standard InChI is InChI=1S/C35H26Cl2N2O3/c1-19-12-15-28-24(16-19)20(2)17-29-35(25-10-6-7-11-27(25)38-34(35)42)30(33(41)23-14-13-22(36)18-26(23)37)31(39(28)29)32(40)21-8-4-3-5-9-21/h3-18,29-31H,1-2H3,(H,38,42)/t29-,30+,31-,35-/m0/s1. The molecule has 0 aromatic heterocycles. The Morgan fingerprint density at radius 2 is 1.60 bits per heavy atom.